The van der Waals surface area contributed by atoms with Crippen molar-refractivity contribution in [3.05, 3.63) is 71.1 Å². The highest BCUT2D eigenvalue weighted by Crippen LogP contribution is 2.32. The first-order chi connectivity index (χ1) is 15.8. The Labute approximate surface area is 188 Å². The summed E-state index contributed by atoms with van der Waals surface area (Å²) in [6.07, 6.45) is -0.110. The van der Waals surface area contributed by atoms with Gasteiger partial charge in [-0.05, 0) is 55.5 Å². The summed E-state index contributed by atoms with van der Waals surface area (Å²) in [5, 5.41) is 6.92. The highest BCUT2D eigenvalue weighted by Gasteiger charge is 2.31. The van der Waals surface area contributed by atoms with Crippen LogP contribution in [-0.2, 0) is 19.3 Å². The number of amides is 1. The van der Waals surface area contributed by atoms with Gasteiger partial charge in [0, 0.05) is 29.8 Å². The van der Waals surface area contributed by atoms with E-state index < -0.39 is 11.7 Å². The lowest BCUT2D eigenvalue weighted by molar-refractivity contribution is -0.137. The Morgan fingerprint density at radius 1 is 1.00 bits per heavy atom. The molecule has 33 heavy (non-hydrogen) atoms. The van der Waals surface area contributed by atoms with Gasteiger partial charge >= 0.3 is 6.18 Å². The molecule has 2 aromatic carbocycles. The Morgan fingerprint density at radius 3 is 2.30 bits per heavy atom. The molecule has 3 aromatic rings. The quantitative estimate of drug-likeness (QED) is 0.527. The van der Waals surface area contributed by atoms with Gasteiger partial charge in [0.2, 0.25) is 11.7 Å². The number of hydrogen-bond donors (Lipinski definition) is 1. The van der Waals surface area contributed by atoms with Gasteiger partial charge < -0.3 is 9.84 Å². The fourth-order valence-electron chi connectivity index (χ4n) is 3.66. The number of carbonyl (C=O) groups is 1. The minimum atomic E-state index is -4.38. The summed E-state index contributed by atoms with van der Waals surface area (Å²) < 4.78 is 43.7. The average Bonchev–Trinajstić information content (AvgIpc) is 3.73. The Bertz CT molecular complexity index is 1120. The standard InChI is InChI=1S/C24H23F3N4O2/c25-24(26,27)18-7-5-16(6-8-18)22-29-21(33-30-22)14-31(20-11-12-20)13-15-1-3-17(4-2-15)23(32)28-19-9-10-19/h1-8,19-20H,9-14H2,(H,28,32). The van der Waals surface area contributed by atoms with E-state index in [1.54, 1.807) is 0 Å². The lowest BCUT2D eigenvalue weighted by Gasteiger charge is -2.20. The lowest BCUT2D eigenvalue weighted by Crippen LogP contribution is -2.26. The molecule has 5 rings (SSSR count). The van der Waals surface area contributed by atoms with Crippen molar-refractivity contribution in [3.63, 3.8) is 0 Å². The second-order valence-electron chi connectivity index (χ2n) is 8.67. The Morgan fingerprint density at radius 2 is 1.70 bits per heavy atom. The summed E-state index contributed by atoms with van der Waals surface area (Å²) in [4.78, 5) is 18.8. The summed E-state index contributed by atoms with van der Waals surface area (Å²) in [7, 11) is 0. The van der Waals surface area contributed by atoms with Crippen molar-refractivity contribution in [1.82, 2.24) is 20.4 Å². The maximum Gasteiger partial charge on any atom is 0.416 e. The minimum absolute atomic E-state index is 0.0373. The third-order valence-electron chi connectivity index (χ3n) is 5.85. The number of nitrogens with one attached hydrogen (secondary N) is 1. The molecule has 172 valence electrons. The lowest BCUT2D eigenvalue weighted by atomic mass is 10.1. The summed E-state index contributed by atoms with van der Waals surface area (Å²) in [6.45, 7) is 1.12. The van der Waals surface area contributed by atoms with Crippen molar-refractivity contribution in [2.45, 2.75) is 57.0 Å². The van der Waals surface area contributed by atoms with E-state index in [-0.39, 0.29) is 11.7 Å². The number of rotatable bonds is 8. The number of carbonyl (C=O) groups excluding carboxylic acids is 1. The molecule has 6 nitrogen and oxygen atoms in total. The maximum absolute atomic E-state index is 12.8. The molecule has 0 spiro atoms. The summed E-state index contributed by atoms with van der Waals surface area (Å²) in [6, 6.07) is 13.0. The number of aromatic nitrogens is 2. The number of hydrogen-bond acceptors (Lipinski definition) is 5. The largest absolute Gasteiger partial charge is 0.416 e. The third-order valence-corrected chi connectivity index (χ3v) is 5.85. The van der Waals surface area contributed by atoms with E-state index in [9.17, 15) is 18.0 Å². The van der Waals surface area contributed by atoms with Crippen molar-refractivity contribution in [1.29, 1.82) is 0 Å². The average molecular weight is 456 g/mol. The molecule has 0 unspecified atom stereocenters. The number of alkyl halides is 3. The summed E-state index contributed by atoms with van der Waals surface area (Å²) in [5.74, 6) is 0.641. The van der Waals surface area contributed by atoms with E-state index in [4.69, 9.17) is 4.52 Å². The van der Waals surface area contributed by atoms with E-state index in [0.29, 0.717) is 42.2 Å². The fourth-order valence-corrected chi connectivity index (χ4v) is 3.66. The molecule has 0 bridgehead atoms. The van der Waals surface area contributed by atoms with Crippen molar-refractivity contribution in [3.8, 4) is 11.4 Å². The molecule has 0 saturated heterocycles. The van der Waals surface area contributed by atoms with Crippen molar-refractivity contribution in [2.24, 2.45) is 0 Å². The van der Waals surface area contributed by atoms with Crippen LogP contribution in [-0.4, -0.2) is 33.0 Å². The molecule has 1 aromatic heterocycles. The van der Waals surface area contributed by atoms with Crippen LogP contribution in [0.4, 0.5) is 13.2 Å². The zero-order chi connectivity index (χ0) is 23.0. The molecule has 0 aliphatic heterocycles. The Balaban J connectivity index is 1.23. The van der Waals surface area contributed by atoms with Crippen LogP contribution in [0.5, 0.6) is 0 Å². The number of halogens is 3. The van der Waals surface area contributed by atoms with E-state index >= 15 is 0 Å². The molecular formula is C24H23F3N4O2. The second kappa shape index (κ2) is 8.62. The van der Waals surface area contributed by atoms with Crippen LogP contribution in [0.15, 0.2) is 53.1 Å². The molecule has 0 atom stereocenters. The van der Waals surface area contributed by atoms with Crippen LogP contribution in [0.2, 0.25) is 0 Å². The van der Waals surface area contributed by atoms with Crippen LogP contribution in [0, 0.1) is 0 Å². The molecule has 2 saturated carbocycles. The SMILES string of the molecule is O=C(NC1CC1)c1ccc(CN(Cc2nc(-c3ccc(C(F)(F)F)cc3)no2)C2CC2)cc1. The van der Waals surface area contributed by atoms with E-state index in [1.165, 1.54) is 12.1 Å². The Hall–Kier alpha value is -3.20. The van der Waals surface area contributed by atoms with E-state index in [2.05, 4.69) is 20.4 Å². The first-order valence-corrected chi connectivity index (χ1v) is 11.0. The van der Waals surface area contributed by atoms with Crippen LogP contribution < -0.4 is 5.32 Å². The molecule has 9 heteroatoms. The van der Waals surface area contributed by atoms with Gasteiger partial charge in [-0.25, -0.2) is 0 Å². The third kappa shape index (κ3) is 5.42. The minimum Gasteiger partial charge on any atom is -0.349 e. The van der Waals surface area contributed by atoms with Gasteiger partial charge in [-0.15, -0.1) is 0 Å². The molecule has 1 N–H and O–H groups in total. The van der Waals surface area contributed by atoms with E-state index in [0.717, 1.165) is 43.4 Å². The molecule has 1 heterocycles. The van der Waals surface area contributed by atoms with Gasteiger partial charge in [-0.3, -0.25) is 9.69 Å². The van der Waals surface area contributed by atoms with Crippen molar-refractivity contribution < 1.29 is 22.5 Å². The van der Waals surface area contributed by atoms with Gasteiger partial charge in [-0.2, -0.15) is 18.2 Å². The van der Waals surface area contributed by atoms with Crippen molar-refractivity contribution >= 4 is 5.91 Å². The van der Waals surface area contributed by atoms with Gasteiger partial charge in [-0.1, -0.05) is 29.4 Å². The normalized spacial score (nSPS) is 16.2. The smallest absolute Gasteiger partial charge is 0.349 e. The predicted molar refractivity (Wildman–Crippen MR) is 114 cm³/mol. The van der Waals surface area contributed by atoms with Crippen LogP contribution in [0.25, 0.3) is 11.4 Å². The maximum atomic E-state index is 12.8. The topological polar surface area (TPSA) is 71.3 Å². The monoisotopic (exact) mass is 456 g/mol. The molecular weight excluding hydrogens is 433 g/mol. The molecule has 1 amide bonds. The fraction of sp³-hybridized carbons (Fsp3) is 0.375. The van der Waals surface area contributed by atoms with Gasteiger partial charge in [0.15, 0.2) is 0 Å². The number of benzene rings is 2. The molecule has 0 radical (unpaired) electrons. The zero-order valence-electron chi connectivity index (χ0n) is 17.8. The zero-order valence-corrected chi connectivity index (χ0v) is 17.8. The predicted octanol–water partition coefficient (Wildman–Crippen LogP) is 4.81. The molecule has 2 aliphatic carbocycles. The first-order valence-electron chi connectivity index (χ1n) is 11.0. The van der Waals surface area contributed by atoms with Gasteiger partial charge in [0.1, 0.15) is 0 Å². The van der Waals surface area contributed by atoms with Crippen molar-refractivity contribution in [2.75, 3.05) is 0 Å². The number of nitrogens with zero attached hydrogens (tertiary/aromatic N) is 3. The van der Waals surface area contributed by atoms with Crippen LogP contribution in [0.1, 0.15) is 53.1 Å². The highest BCUT2D eigenvalue weighted by molar-refractivity contribution is 5.94. The van der Waals surface area contributed by atoms with Gasteiger partial charge in [0.05, 0.1) is 12.1 Å². The summed E-state index contributed by atoms with van der Waals surface area (Å²) in [5.41, 5.74) is 1.48. The summed E-state index contributed by atoms with van der Waals surface area (Å²) >= 11 is 0. The molecule has 2 aliphatic rings. The van der Waals surface area contributed by atoms with Gasteiger partial charge in [0.25, 0.3) is 5.91 Å². The van der Waals surface area contributed by atoms with E-state index in [1.807, 2.05) is 24.3 Å². The van der Waals surface area contributed by atoms with Crippen LogP contribution in [0.3, 0.4) is 0 Å². The Kier molecular flexibility index (Phi) is 5.65. The molecule has 2 fully saturated rings. The first kappa shape index (κ1) is 21.6. The second-order valence-corrected chi connectivity index (χ2v) is 8.67. The van der Waals surface area contributed by atoms with Crippen LogP contribution >= 0.6 is 0 Å². The highest BCUT2D eigenvalue weighted by atomic mass is 19.4.